The summed E-state index contributed by atoms with van der Waals surface area (Å²) in [5.41, 5.74) is 4.24. The van der Waals surface area contributed by atoms with Crippen LogP contribution in [0, 0.1) is 15.9 Å². The highest BCUT2D eigenvalue weighted by atomic mass is 35.5. The van der Waals surface area contributed by atoms with Crippen molar-refractivity contribution in [2.75, 3.05) is 5.73 Å². The number of aliphatic hydroxyl groups is 3. The number of nitrogens with one attached hydrogen (secondary N) is 1. The Labute approximate surface area is 146 Å². The van der Waals surface area contributed by atoms with Gasteiger partial charge in [0.25, 0.3) is 0 Å². The molecule has 3 rings (SSSR count). The Hall–Kier alpha value is -1.74. The van der Waals surface area contributed by atoms with E-state index in [0.29, 0.717) is 11.2 Å². The van der Waals surface area contributed by atoms with Crippen LogP contribution in [-0.2, 0) is 4.74 Å². The number of nitrogen functional groups attached to an aromatic ring is 1. The molecule has 0 saturated carbocycles. The van der Waals surface area contributed by atoms with Gasteiger partial charge in [0.15, 0.2) is 16.8 Å². The van der Waals surface area contributed by atoms with Gasteiger partial charge in [-0.15, -0.1) is 0 Å². The van der Waals surface area contributed by atoms with E-state index in [1.54, 1.807) is 0 Å². The number of aromatic nitrogens is 4. The minimum Gasteiger partial charge on any atom is -0.391 e. The quantitative estimate of drug-likeness (QED) is 0.356. The van der Waals surface area contributed by atoms with Crippen molar-refractivity contribution in [2.45, 2.75) is 37.1 Å². The lowest BCUT2D eigenvalue weighted by atomic mass is 9.93. The van der Waals surface area contributed by atoms with Crippen molar-refractivity contribution in [1.29, 1.82) is 0 Å². The van der Waals surface area contributed by atoms with Gasteiger partial charge in [-0.25, -0.2) is 9.97 Å². The third-order valence-corrected chi connectivity index (χ3v) is 4.24. The largest absolute Gasteiger partial charge is 0.391 e. The number of halogens is 1. The van der Waals surface area contributed by atoms with Crippen LogP contribution in [0.15, 0.2) is 6.33 Å². The maximum atomic E-state index is 10.8. The Kier molecular flexibility index (Phi) is 4.25. The van der Waals surface area contributed by atoms with Crippen LogP contribution in [-0.4, -0.2) is 58.8 Å². The van der Waals surface area contributed by atoms with E-state index in [1.165, 1.54) is 17.8 Å². The van der Waals surface area contributed by atoms with Crippen LogP contribution < -0.4 is 5.73 Å². The average Bonchev–Trinajstić information content (AvgIpc) is 3.00. The molecule has 2 aromatic rings. The number of rotatable bonds is 2. The highest BCUT2D eigenvalue weighted by Gasteiger charge is 2.57. The van der Waals surface area contributed by atoms with Crippen LogP contribution in [0.25, 0.3) is 11.2 Å². The third kappa shape index (κ3) is 2.46. The first-order valence-electron chi connectivity index (χ1n) is 6.88. The number of H-pyrrole nitrogens is 1. The molecule has 0 bridgehead atoms. The molecule has 0 amide bonds. The zero-order valence-corrected chi connectivity index (χ0v) is 13.9. The van der Waals surface area contributed by atoms with Gasteiger partial charge < -0.3 is 30.8 Å². The zero-order chi connectivity index (χ0) is 17.6. The summed E-state index contributed by atoms with van der Waals surface area (Å²) in [4.78, 5) is 10.8. The smallest absolute Gasteiger partial charge is 0.200 e. The number of hydrogen-bond donors (Lipinski definition) is 5. The fourth-order valence-corrected chi connectivity index (χ4v) is 3.12. The third-order valence-electron chi connectivity index (χ3n) is 3.87. The summed E-state index contributed by atoms with van der Waals surface area (Å²) in [5.74, 6) is 2.39. The van der Waals surface area contributed by atoms with Crippen molar-refractivity contribution in [1.82, 2.24) is 19.5 Å². The monoisotopic (exact) mass is 371 g/mol. The summed E-state index contributed by atoms with van der Waals surface area (Å²) in [6.45, 7) is 1.42. The molecule has 0 aromatic carbocycles. The Morgan fingerprint density at radius 3 is 2.96 bits per heavy atom. The normalized spacial score (nSPS) is 31.0. The lowest BCUT2D eigenvalue weighted by Crippen LogP contribution is -2.47. The number of ether oxygens (including phenoxy) is 1. The first-order chi connectivity index (χ1) is 11.3. The van der Waals surface area contributed by atoms with Crippen molar-refractivity contribution in [3.8, 4) is 11.3 Å². The van der Waals surface area contributed by atoms with Crippen molar-refractivity contribution in [3.63, 3.8) is 0 Å². The highest BCUT2D eigenvalue weighted by Crippen LogP contribution is 2.40. The lowest BCUT2D eigenvalue weighted by molar-refractivity contribution is -0.0847. The predicted molar refractivity (Wildman–Crippen MR) is 87.3 cm³/mol. The van der Waals surface area contributed by atoms with Crippen molar-refractivity contribution < 1.29 is 20.1 Å². The summed E-state index contributed by atoms with van der Waals surface area (Å²) in [6.07, 6.45) is -3.53. The van der Waals surface area contributed by atoms with E-state index >= 15 is 0 Å². The fourth-order valence-electron chi connectivity index (χ4n) is 2.72. The lowest BCUT2D eigenvalue weighted by Gasteiger charge is -2.26. The van der Waals surface area contributed by atoms with Gasteiger partial charge in [0.1, 0.15) is 23.4 Å². The molecule has 1 aliphatic heterocycles. The first kappa shape index (κ1) is 17.1. The summed E-state index contributed by atoms with van der Waals surface area (Å²) < 4.78 is 7.17. The van der Waals surface area contributed by atoms with Crippen LogP contribution >= 0.6 is 23.8 Å². The molecule has 3 heterocycles. The van der Waals surface area contributed by atoms with Crippen molar-refractivity contribution in [2.24, 2.45) is 0 Å². The number of fused-ring (bicyclic) bond motifs is 1. The molecule has 1 saturated heterocycles. The molecule has 0 radical (unpaired) electrons. The second kappa shape index (κ2) is 5.96. The zero-order valence-electron chi connectivity index (χ0n) is 12.3. The molecule has 6 N–H and O–H groups in total. The van der Waals surface area contributed by atoms with E-state index in [2.05, 4.69) is 26.3 Å². The molecule has 1 aliphatic rings. The van der Waals surface area contributed by atoms with Crippen LogP contribution in [0.1, 0.15) is 13.2 Å². The standard InChI is InChI=1S/C13H14ClN5O4S/c1-5(20)7-8(21)13(22,2-3-14)11(23-7)19-4-16-6-9(19)17-12(15)18-10(6)24/h4-5,7-8,11,20-22H,1H3,(H3,15,17,18,24)/t5-,7+,8-,11+,13?/m0/s1. The Balaban J connectivity index is 2.20. The molecule has 0 aliphatic carbocycles. The topological polar surface area (TPSA) is 142 Å². The van der Waals surface area contributed by atoms with E-state index in [1.807, 2.05) is 0 Å². The molecule has 5 atom stereocenters. The van der Waals surface area contributed by atoms with E-state index in [9.17, 15) is 15.3 Å². The second-order valence-electron chi connectivity index (χ2n) is 5.46. The second-order valence-corrected chi connectivity index (χ2v) is 6.04. The molecule has 24 heavy (non-hydrogen) atoms. The summed E-state index contributed by atoms with van der Waals surface area (Å²) in [7, 11) is 0. The number of aliphatic hydroxyl groups excluding tert-OH is 2. The van der Waals surface area contributed by atoms with Crippen LogP contribution in [0.2, 0.25) is 0 Å². The fraction of sp³-hybridized carbons (Fsp3) is 0.462. The Morgan fingerprint density at radius 1 is 1.62 bits per heavy atom. The van der Waals surface area contributed by atoms with Gasteiger partial charge in [-0.2, -0.15) is 0 Å². The molecule has 1 fully saturated rings. The maximum Gasteiger partial charge on any atom is 0.200 e. The van der Waals surface area contributed by atoms with Gasteiger partial charge in [0.2, 0.25) is 5.60 Å². The SMILES string of the molecule is C[C@H](O)[C@H]1O[C@@H](n2cnc3c(=S)nc(N)[nH]c32)C(O)(C#CCl)[C@H]1O. The van der Waals surface area contributed by atoms with Crippen LogP contribution in [0.3, 0.4) is 0 Å². The molecular formula is C13H14ClN5O4S. The summed E-state index contributed by atoms with van der Waals surface area (Å²) in [5, 5.41) is 33.0. The number of nitrogens with two attached hydrogens (primary N) is 1. The van der Waals surface area contributed by atoms with Crippen LogP contribution in [0.4, 0.5) is 5.95 Å². The van der Waals surface area contributed by atoms with E-state index < -0.39 is 30.1 Å². The minimum absolute atomic E-state index is 0.0480. The summed E-state index contributed by atoms with van der Waals surface area (Å²) >= 11 is 10.5. The molecule has 2 aromatic heterocycles. The van der Waals surface area contributed by atoms with Gasteiger partial charge in [0.05, 0.1) is 12.4 Å². The number of imidazole rings is 1. The Bertz CT molecular complexity index is 903. The number of hydrogen-bond acceptors (Lipinski definition) is 8. The molecule has 11 heteroatoms. The van der Waals surface area contributed by atoms with E-state index in [-0.39, 0.29) is 10.6 Å². The van der Waals surface area contributed by atoms with Crippen LogP contribution in [0.5, 0.6) is 0 Å². The molecule has 1 unspecified atom stereocenters. The molecule has 0 spiro atoms. The number of aromatic amines is 1. The van der Waals surface area contributed by atoms with E-state index in [0.717, 1.165) is 0 Å². The van der Waals surface area contributed by atoms with Gasteiger partial charge in [-0.3, -0.25) is 4.57 Å². The molecule has 9 nitrogen and oxygen atoms in total. The van der Waals surface area contributed by atoms with Crippen molar-refractivity contribution in [3.05, 3.63) is 11.0 Å². The minimum atomic E-state index is -2.08. The van der Waals surface area contributed by atoms with Gasteiger partial charge in [0, 0.05) is 5.38 Å². The van der Waals surface area contributed by atoms with Gasteiger partial charge >= 0.3 is 0 Å². The molecular weight excluding hydrogens is 358 g/mol. The Morgan fingerprint density at radius 2 is 2.33 bits per heavy atom. The number of nitrogens with zero attached hydrogens (tertiary/aromatic N) is 3. The summed E-state index contributed by atoms with van der Waals surface area (Å²) in [6, 6.07) is 0. The number of anilines is 1. The predicted octanol–water partition coefficient (Wildman–Crippen LogP) is -0.359. The first-order valence-corrected chi connectivity index (χ1v) is 7.67. The highest BCUT2D eigenvalue weighted by molar-refractivity contribution is 7.71. The molecule has 128 valence electrons. The van der Waals surface area contributed by atoms with Gasteiger partial charge in [-0.1, -0.05) is 12.2 Å². The maximum absolute atomic E-state index is 10.8. The van der Waals surface area contributed by atoms with Gasteiger partial charge in [-0.05, 0) is 24.4 Å². The van der Waals surface area contributed by atoms with E-state index in [4.69, 9.17) is 34.3 Å². The van der Waals surface area contributed by atoms with Crippen molar-refractivity contribution >= 4 is 40.9 Å². The average molecular weight is 372 g/mol.